The molecule has 0 bridgehead atoms. The minimum atomic E-state index is 0.117. The fourth-order valence-corrected chi connectivity index (χ4v) is 2.40. The summed E-state index contributed by atoms with van der Waals surface area (Å²) in [4.78, 5) is 11.9. The molecule has 0 unspecified atom stereocenters. The summed E-state index contributed by atoms with van der Waals surface area (Å²) in [5.74, 6) is 0.268. The van der Waals surface area contributed by atoms with Crippen molar-refractivity contribution in [2.75, 3.05) is 0 Å². The molecule has 1 rings (SSSR count). The first-order valence-electron chi connectivity index (χ1n) is 7.13. The number of nitrogens with zero attached hydrogens (tertiary/aromatic N) is 1. The molecule has 1 amide bonds. The van der Waals surface area contributed by atoms with Gasteiger partial charge in [0.2, 0.25) is 5.91 Å². The van der Waals surface area contributed by atoms with Gasteiger partial charge < -0.3 is 0 Å². The third-order valence-electron chi connectivity index (χ3n) is 3.40. The van der Waals surface area contributed by atoms with Crippen molar-refractivity contribution in [1.82, 2.24) is 5.43 Å². The molecule has 17 heavy (non-hydrogen) atoms. The van der Waals surface area contributed by atoms with Crippen LogP contribution in [0.4, 0.5) is 0 Å². The van der Waals surface area contributed by atoms with Gasteiger partial charge in [0.25, 0.3) is 0 Å². The predicted octanol–water partition coefficient (Wildman–Crippen LogP) is 3.64. The van der Waals surface area contributed by atoms with Crippen molar-refractivity contribution in [3.63, 3.8) is 0 Å². The van der Waals surface area contributed by atoms with E-state index in [0.717, 1.165) is 38.5 Å². The molecule has 3 heteroatoms. The van der Waals surface area contributed by atoms with Crippen molar-refractivity contribution in [2.24, 2.45) is 11.0 Å². The van der Waals surface area contributed by atoms with Crippen LogP contribution >= 0.6 is 0 Å². The Hall–Kier alpha value is -0.860. The van der Waals surface area contributed by atoms with Crippen molar-refractivity contribution in [3.05, 3.63) is 0 Å². The molecule has 3 nitrogen and oxygen atoms in total. The molecular weight excluding hydrogens is 212 g/mol. The van der Waals surface area contributed by atoms with Crippen LogP contribution in [0.15, 0.2) is 5.10 Å². The average molecular weight is 238 g/mol. The van der Waals surface area contributed by atoms with Crippen LogP contribution in [0, 0.1) is 5.92 Å². The van der Waals surface area contributed by atoms with E-state index in [1.54, 1.807) is 0 Å². The summed E-state index contributed by atoms with van der Waals surface area (Å²) < 4.78 is 0. The normalized spacial score (nSPS) is 16.1. The minimum Gasteiger partial charge on any atom is -0.273 e. The number of hydrazone groups is 1. The van der Waals surface area contributed by atoms with Crippen LogP contribution in [0.2, 0.25) is 0 Å². The molecule has 1 saturated carbocycles. The second-order valence-electron chi connectivity index (χ2n) is 4.99. The van der Waals surface area contributed by atoms with Gasteiger partial charge in [-0.25, -0.2) is 5.43 Å². The summed E-state index contributed by atoms with van der Waals surface area (Å²) in [5, 5.41) is 4.29. The Morgan fingerprint density at radius 2 is 1.76 bits per heavy atom. The Balaban J connectivity index is 2.39. The lowest BCUT2D eigenvalue weighted by Crippen LogP contribution is -2.28. The predicted molar refractivity (Wildman–Crippen MR) is 72.0 cm³/mol. The van der Waals surface area contributed by atoms with E-state index in [1.165, 1.54) is 25.0 Å². The van der Waals surface area contributed by atoms with E-state index >= 15 is 0 Å². The topological polar surface area (TPSA) is 41.5 Å². The van der Waals surface area contributed by atoms with Crippen LogP contribution in [0.1, 0.15) is 71.6 Å². The fourth-order valence-electron chi connectivity index (χ4n) is 2.40. The summed E-state index contributed by atoms with van der Waals surface area (Å²) in [6, 6.07) is 0. The third-order valence-corrected chi connectivity index (χ3v) is 3.40. The third kappa shape index (κ3) is 5.33. The van der Waals surface area contributed by atoms with E-state index in [9.17, 15) is 4.79 Å². The summed E-state index contributed by atoms with van der Waals surface area (Å²) in [6.07, 6.45) is 9.96. The second-order valence-corrected chi connectivity index (χ2v) is 4.99. The Morgan fingerprint density at radius 3 is 2.29 bits per heavy atom. The van der Waals surface area contributed by atoms with Crippen LogP contribution in [-0.4, -0.2) is 11.6 Å². The quantitative estimate of drug-likeness (QED) is 0.705. The molecule has 1 aliphatic rings. The van der Waals surface area contributed by atoms with Crippen LogP contribution < -0.4 is 5.43 Å². The summed E-state index contributed by atoms with van der Waals surface area (Å²) in [5.41, 5.74) is 3.95. The zero-order chi connectivity index (χ0) is 12.5. The molecule has 0 aromatic carbocycles. The molecule has 0 spiro atoms. The second kappa shape index (κ2) is 8.26. The van der Waals surface area contributed by atoms with Gasteiger partial charge >= 0.3 is 0 Å². The van der Waals surface area contributed by atoms with Crippen molar-refractivity contribution >= 4 is 11.6 Å². The summed E-state index contributed by atoms with van der Waals surface area (Å²) >= 11 is 0. The van der Waals surface area contributed by atoms with E-state index < -0.39 is 0 Å². The molecule has 0 saturated heterocycles. The lowest BCUT2D eigenvalue weighted by Gasteiger charge is -2.15. The molecule has 0 aromatic heterocycles. The minimum absolute atomic E-state index is 0.117. The lowest BCUT2D eigenvalue weighted by molar-refractivity contribution is -0.125. The Labute approximate surface area is 105 Å². The van der Waals surface area contributed by atoms with Crippen LogP contribution in [0.3, 0.4) is 0 Å². The maximum absolute atomic E-state index is 11.9. The van der Waals surface area contributed by atoms with Crippen molar-refractivity contribution in [3.8, 4) is 0 Å². The van der Waals surface area contributed by atoms with Gasteiger partial charge in [-0.1, -0.05) is 33.1 Å². The van der Waals surface area contributed by atoms with E-state index in [-0.39, 0.29) is 11.8 Å². The van der Waals surface area contributed by atoms with Gasteiger partial charge in [-0.3, -0.25) is 4.79 Å². The number of amides is 1. The highest BCUT2D eigenvalue weighted by Gasteiger charge is 2.16. The molecule has 0 atom stereocenters. The number of hydrogen-bond donors (Lipinski definition) is 1. The average Bonchev–Trinajstić information content (AvgIpc) is 2.37. The maximum Gasteiger partial charge on any atom is 0.243 e. The first-order chi connectivity index (χ1) is 8.27. The summed E-state index contributed by atoms with van der Waals surface area (Å²) in [6.45, 7) is 4.26. The molecule has 0 aliphatic heterocycles. The first kappa shape index (κ1) is 14.2. The zero-order valence-corrected chi connectivity index (χ0v) is 11.3. The van der Waals surface area contributed by atoms with E-state index in [1.807, 2.05) is 0 Å². The van der Waals surface area contributed by atoms with Gasteiger partial charge in [0.15, 0.2) is 0 Å². The van der Waals surface area contributed by atoms with E-state index in [0.29, 0.717) is 0 Å². The number of nitrogens with one attached hydrogen (secondary N) is 1. The van der Waals surface area contributed by atoms with E-state index in [4.69, 9.17) is 0 Å². The number of carbonyl (C=O) groups excluding carboxylic acids is 1. The van der Waals surface area contributed by atoms with Gasteiger partial charge in [0.05, 0.1) is 0 Å². The molecule has 0 aromatic rings. The van der Waals surface area contributed by atoms with Gasteiger partial charge in [-0.05, 0) is 38.5 Å². The molecule has 98 valence electrons. The monoisotopic (exact) mass is 238 g/mol. The SMILES string of the molecule is CCCC(CCC)C(=O)NN=C1CCCCC1. The Bertz CT molecular complexity index is 247. The molecule has 1 N–H and O–H groups in total. The van der Waals surface area contributed by atoms with Gasteiger partial charge in [-0.2, -0.15) is 5.10 Å². The number of hydrogen-bond acceptors (Lipinski definition) is 2. The molecule has 1 aliphatic carbocycles. The Kier molecular flexibility index (Phi) is 6.90. The molecular formula is C14H26N2O. The van der Waals surface area contributed by atoms with Crippen molar-refractivity contribution in [2.45, 2.75) is 71.6 Å². The van der Waals surface area contributed by atoms with Crippen molar-refractivity contribution in [1.29, 1.82) is 0 Å². The highest BCUT2D eigenvalue weighted by Crippen LogP contribution is 2.16. The Morgan fingerprint density at radius 1 is 1.18 bits per heavy atom. The molecule has 0 radical (unpaired) electrons. The van der Waals surface area contributed by atoms with Crippen molar-refractivity contribution < 1.29 is 4.79 Å². The highest BCUT2D eigenvalue weighted by molar-refractivity contribution is 5.87. The van der Waals surface area contributed by atoms with Gasteiger partial charge in [0.1, 0.15) is 0 Å². The number of rotatable bonds is 6. The fraction of sp³-hybridized carbons (Fsp3) is 0.857. The van der Waals surface area contributed by atoms with E-state index in [2.05, 4.69) is 24.4 Å². The molecule has 1 fully saturated rings. The summed E-state index contributed by atoms with van der Waals surface area (Å²) in [7, 11) is 0. The van der Waals surface area contributed by atoms with Gasteiger partial charge in [0, 0.05) is 11.6 Å². The molecule has 0 heterocycles. The standard InChI is InChI=1S/C14H26N2O/c1-3-8-12(9-4-2)14(17)16-15-13-10-6-5-7-11-13/h12H,3-11H2,1-2H3,(H,16,17). The van der Waals surface area contributed by atoms with Crippen LogP contribution in [-0.2, 0) is 4.79 Å². The maximum atomic E-state index is 11.9. The lowest BCUT2D eigenvalue weighted by atomic mass is 9.97. The zero-order valence-electron chi connectivity index (χ0n) is 11.3. The van der Waals surface area contributed by atoms with Gasteiger partial charge in [-0.15, -0.1) is 0 Å². The van der Waals surface area contributed by atoms with Crippen LogP contribution in [0.25, 0.3) is 0 Å². The number of carbonyl (C=O) groups is 1. The van der Waals surface area contributed by atoms with Crippen LogP contribution in [0.5, 0.6) is 0 Å². The highest BCUT2D eigenvalue weighted by atomic mass is 16.2. The largest absolute Gasteiger partial charge is 0.273 e. The first-order valence-corrected chi connectivity index (χ1v) is 7.13. The smallest absolute Gasteiger partial charge is 0.243 e.